The van der Waals surface area contributed by atoms with Crippen LogP contribution in [0.1, 0.15) is 18.9 Å². The fourth-order valence-corrected chi connectivity index (χ4v) is 1.87. The molecule has 0 saturated carbocycles. The predicted octanol–water partition coefficient (Wildman–Crippen LogP) is 2.13. The Morgan fingerprint density at radius 3 is 2.75 bits per heavy atom. The number of hydrogen-bond donors (Lipinski definition) is 2. The predicted molar refractivity (Wildman–Crippen MR) is 68.5 cm³/mol. The summed E-state index contributed by atoms with van der Waals surface area (Å²) in [6.07, 6.45) is 1.06. The molecule has 0 atom stereocenters. The molecule has 1 aromatic rings. The zero-order chi connectivity index (χ0) is 12.0. The maximum Gasteiger partial charge on any atom is 0.0558 e. The zero-order valence-electron chi connectivity index (χ0n) is 9.62. The topological polar surface area (TPSA) is 49.5 Å². The first-order valence-corrected chi connectivity index (χ1v) is 5.92. The maximum absolute atomic E-state index is 8.97. The number of nitrogens with zero attached hydrogens (tertiary/aromatic N) is 1. The van der Waals surface area contributed by atoms with Gasteiger partial charge in [-0.2, -0.15) is 0 Å². The van der Waals surface area contributed by atoms with Gasteiger partial charge in [-0.1, -0.05) is 18.5 Å². The second-order valence-corrected chi connectivity index (χ2v) is 4.28. The van der Waals surface area contributed by atoms with Crippen LogP contribution in [0.4, 0.5) is 5.69 Å². The van der Waals surface area contributed by atoms with E-state index >= 15 is 0 Å². The summed E-state index contributed by atoms with van der Waals surface area (Å²) in [5.74, 6) is 0. The van der Waals surface area contributed by atoms with E-state index in [1.54, 1.807) is 6.07 Å². The minimum Gasteiger partial charge on any atom is -0.398 e. The van der Waals surface area contributed by atoms with E-state index in [1.807, 2.05) is 12.1 Å². The number of anilines is 1. The van der Waals surface area contributed by atoms with Gasteiger partial charge in [0.15, 0.2) is 0 Å². The van der Waals surface area contributed by atoms with Crippen LogP contribution in [0.3, 0.4) is 0 Å². The Kier molecular flexibility index (Phi) is 5.60. The van der Waals surface area contributed by atoms with Crippen LogP contribution >= 0.6 is 11.6 Å². The van der Waals surface area contributed by atoms with E-state index < -0.39 is 0 Å². The first-order chi connectivity index (χ1) is 7.67. The monoisotopic (exact) mass is 242 g/mol. The lowest BCUT2D eigenvalue weighted by molar-refractivity contribution is 0.190. The number of aliphatic hydroxyl groups is 1. The van der Waals surface area contributed by atoms with E-state index in [9.17, 15) is 0 Å². The average Bonchev–Trinajstić information content (AvgIpc) is 2.24. The molecule has 0 radical (unpaired) electrons. The molecule has 0 heterocycles. The summed E-state index contributed by atoms with van der Waals surface area (Å²) in [6, 6.07) is 5.49. The molecule has 90 valence electrons. The van der Waals surface area contributed by atoms with Gasteiger partial charge >= 0.3 is 0 Å². The van der Waals surface area contributed by atoms with Gasteiger partial charge in [-0.05, 0) is 36.7 Å². The fourth-order valence-electron chi connectivity index (χ4n) is 1.68. The van der Waals surface area contributed by atoms with Crippen LogP contribution in [-0.2, 0) is 6.54 Å². The minimum absolute atomic E-state index is 0.167. The summed E-state index contributed by atoms with van der Waals surface area (Å²) >= 11 is 5.93. The van der Waals surface area contributed by atoms with Crippen molar-refractivity contribution < 1.29 is 5.11 Å². The van der Waals surface area contributed by atoms with Crippen molar-refractivity contribution in [1.29, 1.82) is 0 Å². The molecule has 0 spiro atoms. The van der Waals surface area contributed by atoms with Gasteiger partial charge < -0.3 is 10.8 Å². The van der Waals surface area contributed by atoms with Crippen LogP contribution in [0.25, 0.3) is 0 Å². The Morgan fingerprint density at radius 1 is 1.38 bits per heavy atom. The summed E-state index contributed by atoms with van der Waals surface area (Å²) < 4.78 is 0. The number of rotatable bonds is 6. The van der Waals surface area contributed by atoms with Crippen LogP contribution in [0, 0.1) is 0 Å². The third-order valence-electron chi connectivity index (χ3n) is 2.46. The summed E-state index contributed by atoms with van der Waals surface area (Å²) in [7, 11) is 0. The van der Waals surface area contributed by atoms with Crippen molar-refractivity contribution in [3.05, 3.63) is 28.8 Å². The van der Waals surface area contributed by atoms with Crippen LogP contribution in [0.2, 0.25) is 5.02 Å². The molecule has 4 heteroatoms. The third-order valence-corrected chi connectivity index (χ3v) is 2.69. The standard InChI is InChI=1S/C12H19ClN2O/c1-2-5-15(6-7-16)9-10-8-11(13)3-4-12(10)14/h3-4,8,16H,2,5-7,9,14H2,1H3. The normalized spacial score (nSPS) is 11.0. The van der Waals surface area contributed by atoms with Gasteiger partial charge in [-0.3, -0.25) is 4.90 Å². The average molecular weight is 243 g/mol. The summed E-state index contributed by atoms with van der Waals surface area (Å²) in [5.41, 5.74) is 7.66. The van der Waals surface area contributed by atoms with Gasteiger partial charge in [-0.25, -0.2) is 0 Å². The van der Waals surface area contributed by atoms with E-state index in [4.69, 9.17) is 22.4 Å². The van der Waals surface area contributed by atoms with Crippen LogP contribution in [0.5, 0.6) is 0 Å². The second-order valence-electron chi connectivity index (χ2n) is 3.84. The Labute approximate surface area is 102 Å². The molecule has 3 N–H and O–H groups in total. The summed E-state index contributed by atoms with van der Waals surface area (Å²) in [5, 5.41) is 9.66. The van der Waals surface area contributed by atoms with Gasteiger partial charge in [0, 0.05) is 23.8 Å². The Morgan fingerprint density at radius 2 is 2.12 bits per heavy atom. The molecular weight excluding hydrogens is 224 g/mol. The molecule has 16 heavy (non-hydrogen) atoms. The fraction of sp³-hybridized carbons (Fsp3) is 0.500. The molecule has 0 aliphatic carbocycles. The molecule has 0 unspecified atom stereocenters. The Balaban J connectivity index is 2.71. The van der Waals surface area contributed by atoms with Gasteiger partial charge in [0.05, 0.1) is 6.61 Å². The van der Waals surface area contributed by atoms with Gasteiger partial charge in [0.25, 0.3) is 0 Å². The quantitative estimate of drug-likeness (QED) is 0.752. The molecule has 0 amide bonds. The molecule has 1 aromatic carbocycles. The molecule has 0 fully saturated rings. The highest BCUT2D eigenvalue weighted by Gasteiger charge is 2.07. The van der Waals surface area contributed by atoms with Crippen molar-refractivity contribution in [3.63, 3.8) is 0 Å². The Hall–Kier alpha value is -0.770. The first-order valence-electron chi connectivity index (χ1n) is 5.54. The molecule has 0 aliphatic heterocycles. The molecule has 1 rings (SSSR count). The number of hydrogen-bond acceptors (Lipinski definition) is 3. The van der Waals surface area contributed by atoms with E-state index in [2.05, 4.69) is 11.8 Å². The lowest BCUT2D eigenvalue weighted by Gasteiger charge is -2.21. The number of aliphatic hydroxyl groups excluding tert-OH is 1. The molecule has 0 aliphatic rings. The number of halogens is 1. The van der Waals surface area contributed by atoms with E-state index in [1.165, 1.54) is 0 Å². The summed E-state index contributed by atoms with van der Waals surface area (Å²) in [6.45, 7) is 4.64. The van der Waals surface area contributed by atoms with E-state index in [0.29, 0.717) is 11.6 Å². The highest BCUT2D eigenvalue weighted by Crippen LogP contribution is 2.19. The van der Waals surface area contributed by atoms with Crippen LogP contribution in [-0.4, -0.2) is 29.7 Å². The van der Waals surface area contributed by atoms with Crippen molar-refractivity contribution in [2.75, 3.05) is 25.4 Å². The van der Waals surface area contributed by atoms with Gasteiger partial charge in [0.1, 0.15) is 0 Å². The highest BCUT2D eigenvalue weighted by molar-refractivity contribution is 6.30. The molecule has 0 bridgehead atoms. The molecule has 0 saturated heterocycles. The maximum atomic E-state index is 8.97. The molecule has 3 nitrogen and oxygen atoms in total. The van der Waals surface area contributed by atoms with Crippen LogP contribution in [0.15, 0.2) is 18.2 Å². The lowest BCUT2D eigenvalue weighted by Crippen LogP contribution is -2.27. The number of nitrogens with two attached hydrogens (primary N) is 1. The van der Waals surface area contributed by atoms with Crippen molar-refractivity contribution in [1.82, 2.24) is 4.90 Å². The van der Waals surface area contributed by atoms with Crippen LogP contribution < -0.4 is 5.73 Å². The van der Waals surface area contributed by atoms with Crippen molar-refractivity contribution in [3.8, 4) is 0 Å². The van der Waals surface area contributed by atoms with Crippen molar-refractivity contribution >= 4 is 17.3 Å². The Bertz CT molecular complexity index is 325. The SMILES string of the molecule is CCCN(CCO)Cc1cc(Cl)ccc1N. The number of nitrogen functional groups attached to an aromatic ring is 1. The van der Waals surface area contributed by atoms with Gasteiger partial charge in [0.2, 0.25) is 0 Å². The number of benzene rings is 1. The molecular formula is C12H19ClN2O. The lowest BCUT2D eigenvalue weighted by atomic mass is 10.1. The zero-order valence-corrected chi connectivity index (χ0v) is 10.4. The van der Waals surface area contributed by atoms with Crippen molar-refractivity contribution in [2.24, 2.45) is 0 Å². The minimum atomic E-state index is 0.167. The third kappa shape index (κ3) is 4.00. The molecule has 0 aromatic heterocycles. The largest absolute Gasteiger partial charge is 0.398 e. The smallest absolute Gasteiger partial charge is 0.0558 e. The van der Waals surface area contributed by atoms with E-state index in [0.717, 1.165) is 30.8 Å². The van der Waals surface area contributed by atoms with Gasteiger partial charge in [-0.15, -0.1) is 0 Å². The second kappa shape index (κ2) is 6.74. The summed E-state index contributed by atoms with van der Waals surface area (Å²) in [4.78, 5) is 2.17. The van der Waals surface area contributed by atoms with Crippen molar-refractivity contribution in [2.45, 2.75) is 19.9 Å². The first kappa shape index (κ1) is 13.3. The highest BCUT2D eigenvalue weighted by atomic mass is 35.5. The van der Waals surface area contributed by atoms with E-state index in [-0.39, 0.29) is 6.61 Å².